The van der Waals surface area contributed by atoms with Gasteiger partial charge in [0, 0.05) is 29.3 Å². The zero-order valence-electron chi connectivity index (χ0n) is 30.1. The fraction of sp³-hybridized carbons (Fsp3) is 0.410. The van der Waals surface area contributed by atoms with Crippen LogP contribution in [0.15, 0.2) is 84.1 Å². The van der Waals surface area contributed by atoms with Crippen LogP contribution in [0, 0.1) is 12.8 Å². The van der Waals surface area contributed by atoms with E-state index in [0.29, 0.717) is 35.4 Å². The normalized spacial score (nSPS) is 13.2. The monoisotopic (exact) mass is 726 g/mol. The fourth-order valence-corrected chi connectivity index (χ4v) is 5.17. The number of aliphatic hydroxyl groups excluding tert-OH is 1. The summed E-state index contributed by atoms with van der Waals surface area (Å²) < 4.78 is 45.7. The Labute approximate surface area is 303 Å². The molecule has 0 saturated heterocycles. The molecule has 1 atom stereocenters. The number of pyridine rings is 1. The molecule has 0 radical (unpaired) electrons. The maximum Gasteiger partial charge on any atom is 0.573 e. The van der Waals surface area contributed by atoms with E-state index in [1.165, 1.54) is 24.3 Å². The highest BCUT2D eigenvalue weighted by Gasteiger charge is 2.32. The Balaban J connectivity index is 0.000000267. The average molecular weight is 727 g/mol. The van der Waals surface area contributed by atoms with Gasteiger partial charge in [-0.3, -0.25) is 10.0 Å². The number of carbonyl (C=O) groups excluding carboxylic acids is 1. The number of ether oxygens (including phenoxy) is 2. The molecular weight excluding hydrogens is 677 g/mol. The molecule has 1 unspecified atom stereocenters. The zero-order chi connectivity index (χ0) is 38.1. The quantitative estimate of drug-likeness (QED) is 0.0404. The number of halogens is 3. The highest BCUT2D eigenvalue weighted by Crippen LogP contribution is 2.46. The first-order valence-electron chi connectivity index (χ1n) is 17.4. The number of unbranched alkanes of at least 4 members (excludes halogenated alkanes) is 1. The van der Waals surface area contributed by atoms with E-state index in [-0.39, 0.29) is 24.7 Å². The van der Waals surface area contributed by atoms with E-state index in [1.807, 2.05) is 55.5 Å². The van der Waals surface area contributed by atoms with Gasteiger partial charge in [-0.05, 0) is 68.0 Å². The van der Waals surface area contributed by atoms with Crippen molar-refractivity contribution in [3.8, 4) is 5.75 Å². The molecule has 1 aromatic heterocycles. The van der Waals surface area contributed by atoms with Gasteiger partial charge in [0.15, 0.2) is 11.7 Å². The van der Waals surface area contributed by atoms with Crippen molar-refractivity contribution in [2.45, 2.75) is 85.0 Å². The van der Waals surface area contributed by atoms with Crippen molar-refractivity contribution in [1.82, 2.24) is 4.98 Å². The molecule has 282 valence electrons. The molecule has 13 heteroatoms. The number of aliphatic hydroxyl groups is 1. The number of hydrogen-bond donors (Lipinski definition) is 3. The zero-order valence-corrected chi connectivity index (χ0v) is 30.1. The largest absolute Gasteiger partial charge is 0.573 e. The number of alkyl halides is 3. The lowest BCUT2D eigenvalue weighted by atomic mass is 10.0. The predicted octanol–water partition coefficient (Wildman–Crippen LogP) is 9.39. The maximum atomic E-state index is 12.2. The summed E-state index contributed by atoms with van der Waals surface area (Å²) in [6, 6.07) is 20.8. The number of benzene rings is 3. The maximum absolute atomic E-state index is 12.2. The molecule has 52 heavy (non-hydrogen) atoms. The number of fused-ring (bicyclic) bond motifs is 1. The first-order chi connectivity index (χ1) is 24.9. The van der Waals surface area contributed by atoms with E-state index < -0.39 is 12.5 Å². The summed E-state index contributed by atoms with van der Waals surface area (Å²) in [6.45, 7) is 8.60. The Morgan fingerprint density at radius 2 is 1.69 bits per heavy atom. The van der Waals surface area contributed by atoms with Gasteiger partial charge in [-0.1, -0.05) is 104 Å². The van der Waals surface area contributed by atoms with E-state index >= 15 is 0 Å². The van der Waals surface area contributed by atoms with E-state index in [9.17, 15) is 23.2 Å². The summed E-state index contributed by atoms with van der Waals surface area (Å²) in [6.07, 6.45) is 2.59. The number of rotatable bonds is 13. The van der Waals surface area contributed by atoms with Crippen molar-refractivity contribution in [3.63, 3.8) is 0 Å². The van der Waals surface area contributed by atoms with Crippen LogP contribution in [0.5, 0.6) is 5.75 Å². The van der Waals surface area contributed by atoms with Crippen molar-refractivity contribution >= 4 is 28.6 Å². The minimum atomic E-state index is -4.72. The lowest BCUT2D eigenvalue weighted by Gasteiger charge is -2.21. The minimum Gasteiger partial charge on any atom is -0.432 e. The topological polar surface area (TPSA) is 140 Å². The van der Waals surface area contributed by atoms with Gasteiger partial charge in [-0.2, -0.15) is 0 Å². The smallest absolute Gasteiger partial charge is 0.432 e. The van der Waals surface area contributed by atoms with Crippen molar-refractivity contribution in [2.75, 3.05) is 18.3 Å². The predicted molar refractivity (Wildman–Crippen MR) is 195 cm³/mol. The molecule has 5 rings (SSSR count). The van der Waals surface area contributed by atoms with Crippen LogP contribution in [0.2, 0.25) is 0 Å². The Kier molecular flexibility index (Phi) is 16.6. The number of carbonyl (C=O) groups is 1. The Bertz CT molecular complexity index is 1700. The van der Waals surface area contributed by atoms with E-state index in [0.717, 1.165) is 65.5 Å². The number of aromatic nitrogens is 1. The second kappa shape index (κ2) is 20.8. The number of aryl methyl sites for hydroxylation is 1. The van der Waals surface area contributed by atoms with Crippen molar-refractivity contribution < 1.29 is 42.6 Å². The van der Waals surface area contributed by atoms with Crippen LogP contribution in [0.4, 0.5) is 23.8 Å². The summed E-state index contributed by atoms with van der Waals surface area (Å²) in [5.41, 5.74) is 9.24. The van der Waals surface area contributed by atoms with Crippen LogP contribution < -0.4 is 15.5 Å². The van der Waals surface area contributed by atoms with Crippen LogP contribution in [0.25, 0.3) is 10.8 Å². The molecule has 10 nitrogen and oxygen atoms in total. The summed E-state index contributed by atoms with van der Waals surface area (Å²) >= 11 is 0. The molecule has 1 saturated carbocycles. The first kappa shape index (κ1) is 41.5. The van der Waals surface area contributed by atoms with Gasteiger partial charge in [0.2, 0.25) is 0 Å². The van der Waals surface area contributed by atoms with Gasteiger partial charge in [0.1, 0.15) is 5.75 Å². The number of amidine groups is 1. The molecule has 1 heterocycles. The molecule has 3 aromatic carbocycles. The summed E-state index contributed by atoms with van der Waals surface area (Å²) in [7, 11) is 0. The number of anilines is 1. The lowest BCUT2D eigenvalue weighted by molar-refractivity contribution is -0.274. The van der Waals surface area contributed by atoms with Crippen molar-refractivity contribution in [2.24, 2.45) is 16.8 Å². The molecule has 0 amide bonds. The van der Waals surface area contributed by atoms with Gasteiger partial charge in [0.05, 0.1) is 13.2 Å². The second-order valence-corrected chi connectivity index (χ2v) is 12.3. The number of nitrogens with zero attached hydrogens (tertiary/aromatic N) is 3. The molecule has 4 N–H and O–H groups in total. The molecule has 0 bridgehead atoms. The Morgan fingerprint density at radius 3 is 2.29 bits per heavy atom. The van der Waals surface area contributed by atoms with Crippen LogP contribution in [0.1, 0.15) is 87.5 Å². The highest BCUT2D eigenvalue weighted by molar-refractivity contribution is 5.97. The number of nitrogens with two attached hydrogens (primary N) is 1. The first-order valence-corrected chi connectivity index (χ1v) is 17.4. The fourth-order valence-electron chi connectivity index (χ4n) is 5.17. The second-order valence-electron chi connectivity index (χ2n) is 12.3. The molecular formula is C39H49F3N4O6. The van der Waals surface area contributed by atoms with Crippen molar-refractivity contribution in [3.05, 3.63) is 101 Å². The molecule has 0 spiro atoms. The molecule has 4 aromatic rings. The minimum absolute atomic E-state index is 0.108. The van der Waals surface area contributed by atoms with Gasteiger partial charge in [0.25, 0.3) is 0 Å². The summed E-state index contributed by atoms with van der Waals surface area (Å²) in [5.74, 6) is 1.08. The standard InChI is InChI=1S/C20H17F3N2O2.C17H26N2O3.C2H6O/c21-20(22,23)27-16-9-5-13(6-10-16)12-25(26)19-18(14-7-8-14)17-4-2-1-3-15(17)11-24-19;1-4-6-7-14(5-2)12-21-17(20)22-19-16(18)15-10-8-13(3)9-11-15;1-2-3/h1-6,9-11,14,26H,7-8,12H2;8-11,14H,4-7,12H2,1-3H3,(H2,18,19);3H,2H2,1H3. The Morgan fingerprint density at radius 1 is 1.04 bits per heavy atom. The van der Waals surface area contributed by atoms with Crippen LogP contribution in [-0.2, 0) is 16.1 Å². The Hall–Kier alpha value is -4.88. The molecule has 1 aliphatic rings. The summed E-state index contributed by atoms with van der Waals surface area (Å²) in [4.78, 5) is 20.6. The van der Waals surface area contributed by atoms with Crippen molar-refractivity contribution in [1.29, 1.82) is 0 Å². The average Bonchev–Trinajstić information content (AvgIpc) is 3.97. The molecule has 1 fully saturated rings. The van der Waals surface area contributed by atoms with E-state index in [2.05, 4.69) is 33.6 Å². The van der Waals surface area contributed by atoms with E-state index in [1.54, 1.807) is 13.1 Å². The third kappa shape index (κ3) is 14.0. The van der Waals surface area contributed by atoms with Gasteiger partial charge in [-0.25, -0.2) is 14.8 Å². The number of hydroxylamine groups is 1. The summed E-state index contributed by atoms with van der Waals surface area (Å²) in [5, 5.41) is 24.9. The molecule has 1 aliphatic carbocycles. The van der Waals surface area contributed by atoms with Crippen LogP contribution in [-0.4, -0.2) is 46.9 Å². The third-order valence-electron chi connectivity index (χ3n) is 8.08. The highest BCUT2D eigenvalue weighted by atomic mass is 19.4. The van der Waals surface area contributed by atoms with Crippen LogP contribution >= 0.6 is 0 Å². The number of hydrogen-bond acceptors (Lipinski definition) is 9. The van der Waals surface area contributed by atoms with Gasteiger partial charge >= 0.3 is 12.5 Å². The van der Waals surface area contributed by atoms with Gasteiger partial charge in [-0.15, -0.1) is 13.2 Å². The van der Waals surface area contributed by atoms with Gasteiger partial charge < -0.3 is 20.3 Å². The number of oxime groups is 1. The third-order valence-corrected chi connectivity index (χ3v) is 8.08. The lowest BCUT2D eigenvalue weighted by Crippen LogP contribution is -2.20. The molecule has 0 aliphatic heterocycles. The van der Waals surface area contributed by atoms with E-state index in [4.69, 9.17) is 15.6 Å². The van der Waals surface area contributed by atoms with Crippen LogP contribution in [0.3, 0.4) is 0 Å². The SMILES string of the molecule is CCCCC(CC)COC(=O)O/N=C(\N)c1ccc(C)cc1.CCO.ON(Cc1ccc(OC(F)(F)F)cc1)c1ncc2ccccc2c1C1CC1.